The van der Waals surface area contributed by atoms with Gasteiger partial charge in [0.1, 0.15) is 11.3 Å². The van der Waals surface area contributed by atoms with Crippen LogP contribution in [0.15, 0.2) is 72.8 Å². The number of unbranched alkanes of at least 4 members (excludes halogenated alkanes) is 5. The summed E-state index contributed by atoms with van der Waals surface area (Å²) in [6.45, 7) is 6.98. The Hall–Kier alpha value is -6.19. The highest BCUT2D eigenvalue weighted by Gasteiger charge is 2.34. The standard InChI is InChI=1S/C60H89N6O15P/c1-46-19-25-49(26-20-46)53(68)16-9-7-8-15-52(67)31-40-78-43-60(44-79-41-32-55(70)62-35-13-37-64-58(73)50-27-21-47(2)22-28-50,45-80-42-33-56(71)63-36-14-38-65-59(74)51-29-23-48(3)24-30-51)66-57(72)18-12-17-54(69)61-34-10-5-6-11-39-81-82(75,76)77-4/h19-30H,5-18,31-45H2,1-4H3,(H,61,69)(H,62,70)(H,63,71)(H,64,73)(H,65,74)(H,66,72)(H,75,76). The van der Waals surface area contributed by atoms with Gasteiger partial charge in [-0.15, -0.1) is 0 Å². The number of phosphoric ester groups is 1. The second-order valence-corrected chi connectivity index (χ2v) is 21.9. The highest BCUT2D eigenvalue weighted by atomic mass is 31.2. The van der Waals surface area contributed by atoms with Crippen LogP contribution in [-0.2, 0) is 51.8 Å². The Balaban J connectivity index is 1.58. The molecular formula is C60H89N6O15P. The van der Waals surface area contributed by atoms with Crippen LogP contribution in [0.5, 0.6) is 0 Å². The largest absolute Gasteiger partial charge is 0.471 e. The Morgan fingerprint density at radius 2 is 0.829 bits per heavy atom. The van der Waals surface area contributed by atoms with Crippen molar-refractivity contribution in [2.45, 2.75) is 135 Å². The van der Waals surface area contributed by atoms with Gasteiger partial charge in [0.15, 0.2) is 5.78 Å². The number of carbonyl (C=O) groups excluding carboxylic acids is 8. The van der Waals surface area contributed by atoms with E-state index in [2.05, 4.69) is 36.4 Å². The number of ketones is 2. The molecule has 0 saturated carbocycles. The van der Waals surface area contributed by atoms with Crippen molar-refractivity contribution in [2.24, 2.45) is 0 Å². The Labute approximate surface area is 483 Å². The first-order valence-corrected chi connectivity index (χ1v) is 30.1. The summed E-state index contributed by atoms with van der Waals surface area (Å²) in [5.41, 5.74) is 3.54. The van der Waals surface area contributed by atoms with Crippen molar-refractivity contribution in [1.29, 1.82) is 0 Å². The van der Waals surface area contributed by atoms with Crippen molar-refractivity contribution in [3.63, 3.8) is 0 Å². The number of ether oxygens (including phenoxy) is 3. The van der Waals surface area contributed by atoms with Crippen LogP contribution in [0.1, 0.15) is 157 Å². The highest BCUT2D eigenvalue weighted by Crippen LogP contribution is 2.42. The molecule has 0 aliphatic rings. The highest BCUT2D eigenvalue weighted by molar-refractivity contribution is 7.47. The predicted octanol–water partition coefficient (Wildman–Crippen LogP) is 6.87. The molecule has 6 amide bonds. The van der Waals surface area contributed by atoms with Crippen LogP contribution in [0, 0.1) is 20.8 Å². The van der Waals surface area contributed by atoms with E-state index in [1.54, 1.807) is 24.3 Å². The number of hydrogen-bond acceptors (Lipinski definition) is 14. The van der Waals surface area contributed by atoms with Gasteiger partial charge < -0.3 is 51.0 Å². The van der Waals surface area contributed by atoms with Gasteiger partial charge >= 0.3 is 7.82 Å². The number of hydrogen-bond donors (Lipinski definition) is 7. The summed E-state index contributed by atoms with van der Waals surface area (Å²) in [4.78, 5) is 112. The third-order valence-electron chi connectivity index (χ3n) is 13.0. The lowest BCUT2D eigenvalue weighted by Gasteiger charge is -2.34. The molecule has 0 aliphatic heterocycles. The normalized spacial score (nSPS) is 12.0. The van der Waals surface area contributed by atoms with Gasteiger partial charge in [0.05, 0.1) is 46.2 Å². The number of Topliss-reactive ketones (excluding diaryl/α,β-unsaturated/α-hetero) is 2. The molecule has 3 aromatic carbocycles. The maximum absolute atomic E-state index is 13.7. The van der Waals surface area contributed by atoms with E-state index < -0.39 is 19.3 Å². The molecule has 3 aromatic rings. The van der Waals surface area contributed by atoms with Crippen LogP contribution in [0.3, 0.4) is 0 Å². The van der Waals surface area contributed by atoms with E-state index in [0.29, 0.717) is 114 Å². The number of nitrogens with one attached hydrogen (secondary N) is 6. The minimum Gasteiger partial charge on any atom is -0.378 e. The number of phosphoric acid groups is 1. The van der Waals surface area contributed by atoms with Crippen LogP contribution >= 0.6 is 7.82 Å². The maximum Gasteiger partial charge on any atom is 0.471 e. The first kappa shape index (κ1) is 70.1. The third-order valence-corrected chi connectivity index (χ3v) is 14.0. The zero-order chi connectivity index (χ0) is 59.9. The van der Waals surface area contributed by atoms with E-state index >= 15 is 0 Å². The number of amides is 6. The van der Waals surface area contributed by atoms with Gasteiger partial charge in [-0.05, 0) is 90.0 Å². The van der Waals surface area contributed by atoms with E-state index in [4.69, 9.17) is 18.7 Å². The molecule has 1 atom stereocenters. The molecule has 0 heterocycles. The summed E-state index contributed by atoms with van der Waals surface area (Å²) in [5, 5.41) is 17.2. The topological polar surface area (TPSA) is 292 Å². The molecule has 82 heavy (non-hydrogen) atoms. The summed E-state index contributed by atoms with van der Waals surface area (Å²) in [6.07, 6.45) is 6.56. The summed E-state index contributed by atoms with van der Waals surface area (Å²) in [7, 11) is -2.92. The van der Waals surface area contributed by atoms with Gasteiger partial charge in [-0.2, -0.15) is 0 Å². The molecule has 454 valence electrons. The van der Waals surface area contributed by atoms with Gasteiger partial charge in [0.25, 0.3) is 11.8 Å². The van der Waals surface area contributed by atoms with Gasteiger partial charge in [0.2, 0.25) is 23.6 Å². The van der Waals surface area contributed by atoms with Crippen molar-refractivity contribution in [1.82, 2.24) is 31.9 Å². The fourth-order valence-electron chi connectivity index (χ4n) is 8.07. The fraction of sp³-hybridized carbons (Fsp3) is 0.567. The molecule has 0 radical (unpaired) electrons. The average molecular weight is 1170 g/mol. The van der Waals surface area contributed by atoms with Crippen LogP contribution < -0.4 is 31.9 Å². The zero-order valence-corrected chi connectivity index (χ0v) is 49.4. The van der Waals surface area contributed by atoms with Crippen LogP contribution in [0.4, 0.5) is 0 Å². The van der Waals surface area contributed by atoms with E-state index in [9.17, 15) is 47.8 Å². The van der Waals surface area contributed by atoms with E-state index in [-0.39, 0.29) is 126 Å². The molecule has 0 spiro atoms. The van der Waals surface area contributed by atoms with Crippen LogP contribution in [0.25, 0.3) is 0 Å². The Bertz CT molecular complexity index is 2250. The number of aryl methyl sites for hydroxylation is 3. The fourth-order valence-corrected chi connectivity index (χ4v) is 8.53. The van der Waals surface area contributed by atoms with Gasteiger partial charge in [-0.3, -0.25) is 47.4 Å². The van der Waals surface area contributed by atoms with Crippen LogP contribution in [-0.4, -0.2) is 144 Å². The first-order chi connectivity index (χ1) is 39.4. The Morgan fingerprint density at radius 3 is 1.33 bits per heavy atom. The molecule has 21 nitrogen and oxygen atoms in total. The zero-order valence-electron chi connectivity index (χ0n) is 48.5. The summed E-state index contributed by atoms with van der Waals surface area (Å²) < 4.78 is 38.8. The minimum atomic E-state index is -4.02. The van der Waals surface area contributed by atoms with Gasteiger partial charge in [-0.1, -0.05) is 84.5 Å². The van der Waals surface area contributed by atoms with Gasteiger partial charge in [0, 0.05) is 101 Å². The van der Waals surface area contributed by atoms with Crippen molar-refractivity contribution in [2.75, 3.05) is 86.1 Å². The molecular weight excluding hydrogens is 1080 g/mol. The maximum atomic E-state index is 13.7. The average Bonchev–Trinajstić information content (AvgIpc) is 3.56. The summed E-state index contributed by atoms with van der Waals surface area (Å²) in [6, 6.07) is 21.9. The Morgan fingerprint density at radius 1 is 0.427 bits per heavy atom. The lowest BCUT2D eigenvalue weighted by Crippen LogP contribution is -2.58. The summed E-state index contributed by atoms with van der Waals surface area (Å²) in [5.74, 6) is -1.66. The van der Waals surface area contributed by atoms with E-state index in [1.807, 2.05) is 69.3 Å². The monoisotopic (exact) mass is 1160 g/mol. The van der Waals surface area contributed by atoms with E-state index in [0.717, 1.165) is 30.2 Å². The quantitative estimate of drug-likeness (QED) is 0.0173. The molecule has 0 bridgehead atoms. The first-order valence-electron chi connectivity index (χ1n) is 28.6. The molecule has 7 N–H and O–H groups in total. The molecule has 3 rings (SSSR count). The minimum absolute atomic E-state index is 0.0105. The van der Waals surface area contributed by atoms with Crippen LogP contribution in [0.2, 0.25) is 0 Å². The van der Waals surface area contributed by atoms with Crippen molar-refractivity contribution in [3.05, 3.63) is 106 Å². The third kappa shape index (κ3) is 32.4. The predicted molar refractivity (Wildman–Crippen MR) is 311 cm³/mol. The van der Waals surface area contributed by atoms with Gasteiger partial charge in [-0.25, -0.2) is 4.57 Å². The smallest absolute Gasteiger partial charge is 0.378 e. The molecule has 1 unspecified atom stereocenters. The molecule has 0 saturated heterocycles. The van der Waals surface area contributed by atoms with E-state index in [1.165, 1.54) is 0 Å². The number of rotatable bonds is 46. The Kier molecular flexibility index (Phi) is 35.0. The lowest BCUT2D eigenvalue weighted by atomic mass is 10.0. The molecule has 22 heteroatoms. The SMILES string of the molecule is COP(=O)(O)OCCCCCCNC(=O)CCCC(=O)NC(COCCC(=O)CCCCCC(=O)c1ccc(C)cc1)(COCCC(=O)NCCCNC(=O)c1ccc(C)cc1)COCCC(=O)NCCCNC(=O)c1ccc(C)cc1. The van der Waals surface area contributed by atoms with Crippen molar-refractivity contribution >= 4 is 54.8 Å². The number of benzene rings is 3. The molecule has 0 aromatic heterocycles. The number of carbonyl (C=O) groups is 8. The molecule has 0 fully saturated rings. The second-order valence-electron chi connectivity index (χ2n) is 20.4. The van der Waals surface area contributed by atoms with Crippen molar-refractivity contribution in [3.8, 4) is 0 Å². The second kappa shape index (κ2) is 40.9. The van der Waals surface area contributed by atoms with Crippen molar-refractivity contribution < 1.29 is 71.1 Å². The molecule has 0 aliphatic carbocycles. The summed E-state index contributed by atoms with van der Waals surface area (Å²) >= 11 is 0. The lowest BCUT2D eigenvalue weighted by molar-refractivity contribution is -0.131.